The van der Waals surface area contributed by atoms with E-state index in [1.165, 1.54) is 38.1 Å². The van der Waals surface area contributed by atoms with E-state index in [0.717, 1.165) is 13.1 Å². The average molecular weight is 278 g/mol. The van der Waals surface area contributed by atoms with Gasteiger partial charge >= 0.3 is 0 Å². The van der Waals surface area contributed by atoms with E-state index < -0.39 is 0 Å². The third-order valence-electron chi connectivity index (χ3n) is 4.14. The van der Waals surface area contributed by atoms with Crippen LogP contribution in [0.2, 0.25) is 0 Å². The molecule has 1 heterocycles. The Bertz CT molecular complexity index is 440. The van der Waals surface area contributed by atoms with Crippen LogP contribution in [0.3, 0.4) is 0 Å². The SMILES string of the molecule is CC(C(=O)c1ccc(F)cc1)N(C)CCN1CCCC1. The van der Waals surface area contributed by atoms with Gasteiger partial charge in [-0.25, -0.2) is 4.39 Å². The summed E-state index contributed by atoms with van der Waals surface area (Å²) in [5.41, 5.74) is 0.576. The molecule has 0 bridgehead atoms. The average Bonchev–Trinajstić information content (AvgIpc) is 2.97. The Morgan fingerprint density at radius 2 is 1.90 bits per heavy atom. The third kappa shape index (κ3) is 3.87. The highest BCUT2D eigenvalue weighted by atomic mass is 19.1. The van der Waals surface area contributed by atoms with Gasteiger partial charge in [0.15, 0.2) is 5.78 Å². The molecule has 1 aromatic rings. The van der Waals surface area contributed by atoms with Crippen LogP contribution in [0.5, 0.6) is 0 Å². The molecule has 4 heteroatoms. The lowest BCUT2D eigenvalue weighted by Crippen LogP contribution is -2.40. The van der Waals surface area contributed by atoms with Crippen molar-refractivity contribution in [2.45, 2.75) is 25.8 Å². The van der Waals surface area contributed by atoms with Crippen LogP contribution < -0.4 is 0 Å². The van der Waals surface area contributed by atoms with Crippen LogP contribution in [-0.2, 0) is 0 Å². The molecule has 1 aromatic carbocycles. The minimum atomic E-state index is -0.309. The van der Waals surface area contributed by atoms with Crippen molar-refractivity contribution in [3.8, 4) is 0 Å². The van der Waals surface area contributed by atoms with E-state index in [1.807, 2.05) is 14.0 Å². The number of hydrogen-bond donors (Lipinski definition) is 0. The lowest BCUT2D eigenvalue weighted by molar-refractivity contribution is 0.0859. The van der Waals surface area contributed by atoms with Crippen molar-refractivity contribution in [3.63, 3.8) is 0 Å². The summed E-state index contributed by atoms with van der Waals surface area (Å²) in [6.45, 7) is 6.16. The van der Waals surface area contributed by atoms with Gasteiger partial charge in [-0.2, -0.15) is 0 Å². The van der Waals surface area contributed by atoms with Gasteiger partial charge in [-0.1, -0.05) is 0 Å². The molecule has 1 atom stereocenters. The number of halogens is 1. The van der Waals surface area contributed by atoms with Crippen LogP contribution in [0.15, 0.2) is 24.3 Å². The summed E-state index contributed by atoms with van der Waals surface area (Å²) in [6.07, 6.45) is 2.57. The first kappa shape index (κ1) is 15.1. The molecule has 0 aliphatic carbocycles. The number of benzene rings is 1. The summed E-state index contributed by atoms with van der Waals surface area (Å²) in [7, 11) is 1.97. The second-order valence-corrected chi connectivity index (χ2v) is 5.58. The Hall–Kier alpha value is -1.26. The maximum absolute atomic E-state index is 12.9. The predicted molar refractivity (Wildman–Crippen MR) is 78.5 cm³/mol. The van der Waals surface area contributed by atoms with Gasteiger partial charge < -0.3 is 4.90 Å². The topological polar surface area (TPSA) is 23.6 Å². The van der Waals surface area contributed by atoms with Crippen molar-refractivity contribution in [3.05, 3.63) is 35.6 Å². The maximum Gasteiger partial charge on any atom is 0.179 e. The number of nitrogens with zero attached hydrogens (tertiary/aromatic N) is 2. The van der Waals surface area contributed by atoms with Crippen LogP contribution in [0.4, 0.5) is 4.39 Å². The van der Waals surface area contributed by atoms with Gasteiger partial charge in [-0.05, 0) is 64.2 Å². The standard InChI is InChI=1S/C16H23FN2O/c1-13(16(20)14-5-7-15(17)8-6-14)18(2)11-12-19-9-3-4-10-19/h5-8,13H,3-4,9-12H2,1-2H3. The number of carbonyl (C=O) groups is 1. The van der Waals surface area contributed by atoms with Crippen LogP contribution in [0, 0.1) is 5.82 Å². The van der Waals surface area contributed by atoms with Gasteiger partial charge in [0.2, 0.25) is 0 Å². The molecule has 3 nitrogen and oxygen atoms in total. The van der Waals surface area contributed by atoms with Crippen molar-refractivity contribution >= 4 is 5.78 Å². The molecule has 0 amide bonds. The fraction of sp³-hybridized carbons (Fsp3) is 0.562. The first-order valence-corrected chi connectivity index (χ1v) is 7.30. The molecular formula is C16H23FN2O. The molecule has 0 saturated carbocycles. The number of Topliss-reactive ketones (excluding diaryl/α,β-unsaturated/α-hetero) is 1. The predicted octanol–water partition coefficient (Wildman–Crippen LogP) is 2.42. The van der Waals surface area contributed by atoms with Gasteiger partial charge in [0, 0.05) is 18.7 Å². The van der Waals surface area contributed by atoms with E-state index in [-0.39, 0.29) is 17.6 Å². The molecule has 1 aliphatic rings. The highest BCUT2D eigenvalue weighted by molar-refractivity contribution is 5.99. The van der Waals surface area contributed by atoms with Gasteiger partial charge in [-0.3, -0.25) is 9.69 Å². The van der Waals surface area contributed by atoms with Crippen LogP contribution in [0.1, 0.15) is 30.1 Å². The molecule has 0 aromatic heterocycles. The Labute approximate surface area is 120 Å². The van der Waals surface area contributed by atoms with Gasteiger partial charge in [0.1, 0.15) is 5.82 Å². The molecule has 2 rings (SSSR count). The lowest BCUT2D eigenvalue weighted by Gasteiger charge is -2.26. The summed E-state index contributed by atoms with van der Waals surface area (Å²) < 4.78 is 12.9. The van der Waals surface area contributed by atoms with E-state index in [2.05, 4.69) is 9.80 Å². The van der Waals surface area contributed by atoms with Crippen LogP contribution in [-0.4, -0.2) is 54.9 Å². The first-order chi connectivity index (χ1) is 9.58. The summed E-state index contributed by atoms with van der Waals surface area (Å²) >= 11 is 0. The minimum Gasteiger partial charge on any atom is -0.302 e. The van der Waals surface area contributed by atoms with Crippen LogP contribution in [0.25, 0.3) is 0 Å². The Balaban J connectivity index is 1.86. The highest BCUT2D eigenvalue weighted by Gasteiger charge is 2.20. The summed E-state index contributed by atoms with van der Waals surface area (Å²) in [6, 6.07) is 5.61. The number of likely N-dealkylation sites (tertiary alicyclic amines) is 1. The van der Waals surface area contributed by atoms with Gasteiger partial charge in [-0.15, -0.1) is 0 Å². The largest absolute Gasteiger partial charge is 0.302 e. The molecule has 0 N–H and O–H groups in total. The van der Waals surface area contributed by atoms with Crippen molar-refractivity contribution < 1.29 is 9.18 Å². The van der Waals surface area contributed by atoms with Gasteiger partial charge in [0.05, 0.1) is 6.04 Å². The minimum absolute atomic E-state index is 0.0499. The Kier molecular flexibility index (Phi) is 5.26. The summed E-state index contributed by atoms with van der Waals surface area (Å²) in [5.74, 6) is -0.259. The van der Waals surface area contributed by atoms with Crippen molar-refractivity contribution in [1.82, 2.24) is 9.80 Å². The second kappa shape index (κ2) is 6.95. The molecule has 20 heavy (non-hydrogen) atoms. The molecule has 1 saturated heterocycles. The smallest absolute Gasteiger partial charge is 0.179 e. The quantitative estimate of drug-likeness (QED) is 0.747. The molecule has 0 spiro atoms. The van der Waals surface area contributed by atoms with Crippen molar-refractivity contribution in [2.75, 3.05) is 33.2 Å². The number of likely N-dealkylation sites (N-methyl/N-ethyl adjacent to an activating group) is 1. The molecule has 0 radical (unpaired) electrons. The van der Waals surface area contributed by atoms with E-state index in [4.69, 9.17) is 0 Å². The summed E-state index contributed by atoms with van der Waals surface area (Å²) in [5, 5.41) is 0. The summed E-state index contributed by atoms with van der Waals surface area (Å²) in [4.78, 5) is 16.8. The maximum atomic E-state index is 12.9. The van der Waals surface area contributed by atoms with E-state index in [1.54, 1.807) is 12.1 Å². The fourth-order valence-corrected chi connectivity index (χ4v) is 2.55. The normalized spacial score (nSPS) is 17.6. The van der Waals surface area contributed by atoms with E-state index in [0.29, 0.717) is 5.56 Å². The monoisotopic (exact) mass is 278 g/mol. The Morgan fingerprint density at radius 3 is 2.50 bits per heavy atom. The van der Waals surface area contributed by atoms with E-state index in [9.17, 15) is 9.18 Å². The van der Waals surface area contributed by atoms with Crippen LogP contribution >= 0.6 is 0 Å². The number of hydrogen-bond acceptors (Lipinski definition) is 3. The number of carbonyl (C=O) groups excluding carboxylic acids is 1. The lowest BCUT2D eigenvalue weighted by atomic mass is 10.0. The van der Waals surface area contributed by atoms with Gasteiger partial charge in [0.25, 0.3) is 0 Å². The molecule has 110 valence electrons. The van der Waals surface area contributed by atoms with E-state index >= 15 is 0 Å². The fourth-order valence-electron chi connectivity index (χ4n) is 2.55. The van der Waals surface area contributed by atoms with Crippen molar-refractivity contribution in [1.29, 1.82) is 0 Å². The number of rotatable bonds is 6. The number of ketones is 1. The molecule has 1 unspecified atom stereocenters. The second-order valence-electron chi connectivity index (χ2n) is 5.58. The zero-order chi connectivity index (χ0) is 14.5. The Morgan fingerprint density at radius 1 is 1.30 bits per heavy atom. The molecule has 1 fully saturated rings. The highest BCUT2D eigenvalue weighted by Crippen LogP contribution is 2.11. The third-order valence-corrected chi connectivity index (χ3v) is 4.14. The zero-order valence-corrected chi connectivity index (χ0v) is 12.3. The molecule has 1 aliphatic heterocycles. The zero-order valence-electron chi connectivity index (χ0n) is 12.3. The first-order valence-electron chi connectivity index (χ1n) is 7.30. The molecular weight excluding hydrogens is 255 g/mol. The van der Waals surface area contributed by atoms with Crippen molar-refractivity contribution in [2.24, 2.45) is 0 Å².